The van der Waals surface area contributed by atoms with Gasteiger partial charge in [0.1, 0.15) is 5.69 Å². The predicted molar refractivity (Wildman–Crippen MR) is 73.6 cm³/mol. The van der Waals surface area contributed by atoms with Gasteiger partial charge < -0.3 is 0 Å². The fourth-order valence-electron chi connectivity index (χ4n) is 3.39. The first-order valence-electron chi connectivity index (χ1n) is 7.11. The molecule has 0 saturated heterocycles. The van der Waals surface area contributed by atoms with Crippen molar-refractivity contribution in [3.63, 3.8) is 0 Å². The zero-order chi connectivity index (χ0) is 13.7. The molecule has 2 aliphatic rings. The maximum absolute atomic E-state index is 12.6. The zero-order valence-corrected chi connectivity index (χ0v) is 11.1. The van der Waals surface area contributed by atoms with Crippen molar-refractivity contribution < 1.29 is 9.59 Å². The summed E-state index contributed by atoms with van der Waals surface area (Å²) in [6.45, 7) is 0. The number of nitrogens with zero attached hydrogens (tertiary/aromatic N) is 3. The molecule has 20 heavy (non-hydrogen) atoms. The molecule has 4 rings (SSSR count). The summed E-state index contributed by atoms with van der Waals surface area (Å²) in [5.41, 5.74) is 1.20. The Morgan fingerprint density at radius 2 is 1.95 bits per heavy atom. The molecule has 3 heterocycles. The van der Waals surface area contributed by atoms with E-state index in [1.54, 1.807) is 18.5 Å². The Bertz CT molecular complexity index is 713. The molecule has 1 aliphatic heterocycles. The third-order valence-electron chi connectivity index (χ3n) is 4.38. The van der Waals surface area contributed by atoms with Crippen LogP contribution >= 0.6 is 0 Å². The van der Waals surface area contributed by atoms with Crippen molar-refractivity contribution in [3.8, 4) is 0 Å². The van der Waals surface area contributed by atoms with Gasteiger partial charge in [-0.2, -0.15) is 0 Å². The molecule has 2 amide bonds. The number of hydrogen-bond donors (Lipinski definition) is 0. The van der Waals surface area contributed by atoms with Crippen molar-refractivity contribution in [3.05, 3.63) is 30.2 Å². The van der Waals surface area contributed by atoms with Gasteiger partial charge in [-0.25, -0.2) is 4.79 Å². The second kappa shape index (κ2) is 4.16. The molecule has 5 nitrogen and oxygen atoms in total. The second-order valence-corrected chi connectivity index (χ2v) is 5.55. The molecule has 0 unspecified atom stereocenters. The topological polar surface area (TPSA) is 55.2 Å². The van der Waals surface area contributed by atoms with Crippen LogP contribution < -0.4 is 0 Å². The maximum atomic E-state index is 12.6. The van der Waals surface area contributed by atoms with Crippen molar-refractivity contribution in [1.29, 1.82) is 0 Å². The molecule has 0 bridgehead atoms. The van der Waals surface area contributed by atoms with Gasteiger partial charge in [-0.15, -0.1) is 0 Å². The van der Waals surface area contributed by atoms with Crippen LogP contribution in [0.1, 0.15) is 42.6 Å². The van der Waals surface area contributed by atoms with E-state index in [0.717, 1.165) is 36.6 Å². The Labute approximate surface area is 116 Å². The number of carbonyl (C=O) groups excluding carboxylic acids is 2. The highest BCUT2D eigenvalue weighted by atomic mass is 16.2. The fraction of sp³-hybridized carbons (Fsp3) is 0.400. The Hall–Kier alpha value is -2.17. The third-order valence-corrected chi connectivity index (χ3v) is 4.38. The van der Waals surface area contributed by atoms with Crippen molar-refractivity contribution in [2.45, 2.75) is 38.1 Å². The first-order valence-corrected chi connectivity index (χ1v) is 7.11. The lowest BCUT2D eigenvalue weighted by Gasteiger charge is -2.28. The lowest BCUT2D eigenvalue weighted by molar-refractivity contribution is 0.0750. The largest absolute Gasteiger partial charge is 0.336 e. The van der Waals surface area contributed by atoms with Crippen LogP contribution in [0.4, 0.5) is 4.79 Å². The van der Waals surface area contributed by atoms with Gasteiger partial charge in [-0.3, -0.25) is 19.2 Å². The van der Waals surface area contributed by atoms with Crippen LogP contribution in [0.25, 0.3) is 10.9 Å². The van der Waals surface area contributed by atoms with E-state index in [-0.39, 0.29) is 18.0 Å². The summed E-state index contributed by atoms with van der Waals surface area (Å²) in [5.74, 6) is -0.155. The van der Waals surface area contributed by atoms with Gasteiger partial charge in [0, 0.05) is 17.6 Å². The molecular weight excluding hydrogens is 254 g/mol. The normalized spacial score (nSPS) is 19.9. The lowest BCUT2D eigenvalue weighted by Crippen LogP contribution is -2.41. The van der Waals surface area contributed by atoms with Crippen molar-refractivity contribution in [2.75, 3.05) is 0 Å². The van der Waals surface area contributed by atoms with Gasteiger partial charge in [-0.1, -0.05) is 19.3 Å². The van der Waals surface area contributed by atoms with Gasteiger partial charge in [0.15, 0.2) is 0 Å². The molecule has 1 fully saturated rings. The number of aromatic nitrogens is 2. The molecule has 0 radical (unpaired) electrons. The third kappa shape index (κ3) is 1.46. The minimum Gasteiger partial charge on any atom is -0.267 e. The maximum Gasteiger partial charge on any atom is 0.336 e. The average molecular weight is 269 g/mol. The minimum atomic E-state index is -0.208. The molecule has 2 aromatic rings. The number of hydrogen-bond acceptors (Lipinski definition) is 3. The van der Waals surface area contributed by atoms with E-state index in [1.165, 1.54) is 15.9 Å². The highest BCUT2D eigenvalue weighted by molar-refractivity contribution is 6.16. The van der Waals surface area contributed by atoms with E-state index in [2.05, 4.69) is 4.98 Å². The number of rotatable bonds is 1. The molecule has 1 saturated carbocycles. The van der Waals surface area contributed by atoms with Crippen molar-refractivity contribution in [1.82, 2.24) is 14.5 Å². The van der Waals surface area contributed by atoms with Gasteiger partial charge in [0.05, 0.1) is 11.7 Å². The summed E-state index contributed by atoms with van der Waals surface area (Å²) in [4.78, 5) is 30.7. The van der Waals surface area contributed by atoms with Gasteiger partial charge in [0.25, 0.3) is 5.91 Å². The summed E-state index contributed by atoms with van der Waals surface area (Å²) < 4.78 is 1.51. The van der Waals surface area contributed by atoms with E-state index in [4.69, 9.17) is 0 Å². The van der Waals surface area contributed by atoms with Crippen molar-refractivity contribution >= 4 is 22.8 Å². The molecule has 0 N–H and O–H groups in total. The number of imide groups is 1. The van der Waals surface area contributed by atoms with E-state index in [1.807, 2.05) is 6.07 Å². The first-order chi connectivity index (χ1) is 9.77. The van der Waals surface area contributed by atoms with Gasteiger partial charge in [-0.05, 0) is 25.0 Å². The molecule has 102 valence electrons. The SMILES string of the molecule is O=C1c2cc3ccncc3n2C(=O)N1C1CCCCC1. The Morgan fingerprint density at radius 3 is 2.75 bits per heavy atom. The summed E-state index contributed by atoms with van der Waals surface area (Å²) in [6.07, 6.45) is 8.57. The van der Waals surface area contributed by atoms with E-state index >= 15 is 0 Å². The number of carbonyl (C=O) groups is 2. The molecule has 5 heteroatoms. The molecule has 2 aromatic heterocycles. The van der Waals surface area contributed by atoms with Gasteiger partial charge in [0.2, 0.25) is 0 Å². The highest BCUT2D eigenvalue weighted by Crippen LogP contribution is 2.31. The van der Waals surface area contributed by atoms with Crippen LogP contribution in [-0.4, -0.2) is 32.4 Å². The van der Waals surface area contributed by atoms with E-state index in [9.17, 15) is 9.59 Å². The highest BCUT2D eigenvalue weighted by Gasteiger charge is 2.41. The van der Waals surface area contributed by atoms with Crippen LogP contribution in [0, 0.1) is 0 Å². The average Bonchev–Trinajstić information content (AvgIpc) is 2.97. The quantitative estimate of drug-likeness (QED) is 0.800. The predicted octanol–water partition coefficient (Wildman–Crippen LogP) is 2.79. The standard InChI is InChI=1S/C15H15N3O2/c19-14-12-8-10-6-7-16-9-13(10)18(12)15(20)17(14)11-4-2-1-3-5-11/h6-9,11H,1-5H2. The van der Waals surface area contributed by atoms with E-state index in [0.29, 0.717) is 5.69 Å². The van der Waals surface area contributed by atoms with Crippen LogP contribution in [0.15, 0.2) is 24.5 Å². The lowest BCUT2D eigenvalue weighted by atomic mass is 9.94. The summed E-state index contributed by atoms with van der Waals surface area (Å²) in [5, 5.41) is 0.889. The minimum absolute atomic E-state index is 0.0652. The monoisotopic (exact) mass is 269 g/mol. The summed E-state index contributed by atoms with van der Waals surface area (Å²) in [6, 6.07) is 3.47. The molecular formula is C15H15N3O2. The van der Waals surface area contributed by atoms with Gasteiger partial charge >= 0.3 is 6.03 Å². The van der Waals surface area contributed by atoms with Crippen LogP contribution in [0.5, 0.6) is 0 Å². The molecule has 1 aliphatic carbocycles. The van der Waals surface area contributed by atoms with Crippen LogP contribution in [0.3, 0.4) is 0 Å². The number of amides is 2. The Kier molecular flexibility index (Phi) is 2.42. The smallest absolute Gasteiger partial charge is 0.267 e. The molecule has 0 atom stereocenters. The summed E-state index contributed by atoms with van der Waals surface area (Å²) in [7, 11) is 0. The van der Waals surface area contributed by atoms with Crippen LogP contribution in [-0.2, 0) is 0 Å². The molecule has 0 aromatic carbocycles. The number of pyridine rings is 1. The Balaban J connectivity index is 1.80. The zero-order valence-electron chi connectivity index (χ0n) is 11.1. The first kappa shape index (κ1) is 11.6. The van der Waals surface area contributed by atoms with Crippen molar-refractivity contribution in [2.24, 2.45) is 0 Å². The van der Waals surface area contributed by atoms with Crippen LogP contribution in [0.2, 0.25) is 0 Å². The second-order valence-electron chi connectivity index (χ2n) is 5.55. The Morgan fingerprint density at radius 1 is 1.15 bits per heavy atom. The summed E-state index contributed by atoms with van der Waals surface area (Å²) >= 11 is 0. The fourth-order valence-corrected chi connectivity index (χ4v) is 3.39. The number of fused-ring (bicyclic) bond motifs is 3. The van der Waals surface area contributed by atoms with E-state index < -0.39 is 0 Å². The molecule has 0 spiro atoms.